The molecule has 4 rings (SSSR count). The van der Waals surface area contributed by atoms with E-state index in [1.54, 1.807) is 4.90 Å². The molecule has 140 valence electrons. The van der Waals surface area contributed by atoms with Crippen molar-refractivity contribution >= 4 is 29.1 Å². The first-order chi connectivity index (χ1) is 12.9. The number of carbonyl (C=O) groups is 2. The first kappa shape index (κ1) is 17.7. The summed E-state index contributed by atoms with van der Waals surface area (Å²) in [7, 11) is 0. The van der Waals surface area contributed by atoms with E-state index in [2.05, 4.69) is 9.97 Å². The average Bonchev–Trinajstić information content (AvgIpc) is 3.05. The molecule has 2 aromatic rings. The summed E-state index contributed by atoms with van der Waals surface area (Å²) in [6, 6.07) is 4.05. The van der Waals surface area contributed by atoms with Gasteiger partial charge < -0.3 is 14.8 Å². The van der Waals surface area contributed by atoms with E-state index in [1.807, 2.05) is 0 Å². The van der Waals surface area contributed by atoms with Crippen molar-refractivity contribution in [2.45, 2.75) is 19.4 Å². The van der Waals surface area contributed by atoms with Crippen molar-refractivity contribution in [2.75, 3.05) is 18.0 Å². The van der Waals surface area contributed by atoms with Gasteiger partial charge in [-0.15, -0.1) is 0 Å². The SMILES string of the molecule is O=C([C@@H]1CC(=O)N(c2ccc(F)c(Cl)c2)C1)N1CCc2c(nc[nH]c2=O)C1. The molecule has 1 aromatic heterocycles. The molecule has 1 atom stereocenters. The largest absolute Gasteiger partial charge is 0.336 e. The molecule has 1 saturated heterocycles. The van der Waals surface area contributed by atoms with Gasteiger partial charge in [0.1, 0.15) is 5.82 Å². The highest BCUT2D eigenvalue weighted by atomic mass is 35.5. The van der Waals surface area contributed by atoms with Crippen molar-refractivity contribution < 1.29 is 14.0 Å². The molecule has 0 saturated carbocycles. The molecule has 0 radical (unpaired) electrons. The van der Waals surface area contributed by atoms with Crippen LogP contribution < -0.4 is 10.5 Å². The fourth-order valence-corrected chi connectivity index (χ4v) is 3.76. The molecule has 1 fully saturated rings. The van der Waals surface area contributed by atoms with Gasteiger partial charge in [-0.05, 0) is 24.6 Å². The second-order valence-electron chi connectivity index (χ2n) is 6.67. The number of aromatic nitrogens is 2. The molecule has 9 heteroatoms. The van der Waals surface area contributed by atoms with Crippen LogP contribution in [0.2, 0.25) is 5.02 Å². The van der Waals surface area contributed by atoms with Gasteiger partial charge in [0.25, 0.3) is 5.56 Å². The van der Waals surface area contributed by atoms with E-state index in [1.165, 1.54) is 29.4 Å². The van der Waals surface area contributed by atoms with Crippen LogP contribution in [0.15, 0.2) is 29.3 Å². The Morgan fingerprint density at radius 2 is 2.15 bits per heavy atom. The first-order valence-electron chi connectivity index (χ1n) is 8.53. The molecule has 2 amide bonds. The van der Waals surface area contributed by atoms with Crippen LogP contribution in [-0.4, -0.2) is 39.8 Å². The van der Waals surface area contributed by atoms with Gasteiger partial charge in [0.2, 0.25) is 11.8 Å². The molecule has 27 heavy (non-hydrogen) atoms. The number of benzene rings is 1. The van der Waals surface area contributed by atoms with Crippen molar-refractivity contribution in [1.82, 2.24) is 14.9 Å². The summed E-state index contributed by atoms with van der Waals surface area (Å²) in [6.07, 6.45) is 1.84. The van der Waals surface area contributed by atoms with Crippen molar-refractivity contribution in [3.05, 3.63) is 57.0 Å². The number of anilines is 1. The Labute approximate surface area is 158 Å². The number of nitrogens with one attached hydrogen (secondary N) is 1. The van der Waals surface area contributed by atoms with Crippen molar-refractivity contribution in [3.63, 3.8) is 0 Å². The van der Waals surface area contributed by atoms with E-state index < -0.39 is 11.7 Å². The molecule has 2 aliphatic heterocycles. The van der Waals surface area contributed by atoms with Crippen molar-refractivity contribution in [2.24, 2.45) is 5.92 Å². The minimum atomic E-state index is -0.561. The highest BCUT2D eigenvalue weighted by molar-refractivity contribution is 6.31. The van der Waals surface area contributed by atoms with Gasteiger partial charge in [-0.3, -0.25) is 14.4 Å². The Hall–Kier alpha value is -2.74. The molecule has 1 aromatic carbocycles. The maximum absolute atomic E-state index is 13.4. The predicted octanol–water partition coefficient (Wildman–Crippen LogP) is 1.50. The maximum Gasteiger partial charge on any atom is 0.254 e. The van der Waals surface area contributed by atoms with Gasteiger partial charge in [-0.1, -0.05) is 11.6 Å². The molecule has 2 aliphatic rings. The Bertz CT molecular complexity index is 993. The summed E-state index contributed by atoms with van der Waals surface area (Å²) in [4.78, 5) is 46.8. The highest BCUT2D eigenvalue weighted by Crippen LogP contribution is 2.30. The third-order valence-corrected chi connectivity index (χ3v) is 5.30. The minimum Gasteiger partial charge on any atom is -0.336 e. The van der Waals surface area contributed by atoms with E-state index >= 15 is 0 Å². The lowest BCUT2D eigenvalue weighted by Gasteiger charge is -2.29. The van der Waals surface area contributed by atoms with Crippen LogP contribution in [0.5, 0.6) is 0 Å². The summed E-state index contributed by atoms with van der Waals surface area (Å²) in [5.41, 5.74) is 1.48. The molecular formula is C18H16ClFN4O3. The van der Waals surface area contributed by atoms with E-state index in [9.17, 15) is 18.8 Å². The summed E-state index contributed by atoms with van der Waals surface area (Å²) in [6.45, 7) is 0.880. The molecule has 7 nitrogen and oxygen atoms in total. The minimum absolute atomic E-state index is 0.0704. The summed E-state index contributed by atoms with van der Waals surface area (Å²) < 4.78 is 13.4. The van der Waals surface area contributed by atoms with Crippen LogP contribution in [0.4, 0.5) is 10.1 Å². The van der Waals surface area contributed by atoms with E-state index in [0.29, 0.717) is 29.9 Å². The molecule has 1 N–H and O–H groups in total. The van der Waals surface area contributed by atoms with Crippen LogP contribution in [0.25, 0.3) is 0 Å². The molecule has 3 heterocycles. The summed E-state index contributed by atoms with van der Waals surface area (Å²) >= 11 is 5.80. The van der Waals surface area contributed by atoms with E-state index in [0.717, 1.165) is 0 Å². The lowest BCUT2D eigenvalue weighted by atomic mass is 10.0. The lowest BCUT2D eigenvalue weighted by molar-refractivity contribution is -0.136. The van der Waals surface area contributed by atoms with Gasteiger partial charge in [0.15, 0.2) is 0 Å². The standard InChI is InChI=1S/C18H16ClFN4O3/c19-13-6-11(1-2-14(13)20)24-7-10(5-16(24)25)18(27)23-4-3-12-15(8-23)21-9-22-17(12)26/h1-2,6,9-10H,3-5,7-8H2,(H,21,22,26)/t10-/m1/s1. The maximum atomic E-state index is 13.4. The Balaban J connectivity index is 1.50. The Morgan fingerprint density at radius 3 is 2.93 bits per heavy atom. The monoisotopic (exact) mass is 390 g/mol. The second-order valence-corrected chi connectivity index (χ2v) is 7.08. The van der Waals surface area contributed by atoms with Gasteiger partial charge in [0, 0.05) is 30.8 Å². The normalized spacial score (nSPS) is 19.3. The average molecular weight is 391 g/mol. The van der Waals surface area contributed by atoms with Gasteiger partial charge in [-0.25, -0.2) is 9.37 Å². The van der Waals surface area contributed by atoms with Crippen LogP contribution in [0, 0.1) is 11.7 Å². The Morgan fingerprint density at radius 1 is 1.33 bits per heavy atom. The van der Waals surface area contributed by atoms with E-state index in [4.69, 9.17) is 11.6 Å². The Kier molecular flexibility index (Phi) is 4.43. The van der Waals surface area contributed by atoms with Crippen molar-refractivity contribution in [3.8, 4) is 0 Å². The summed E-state index contributed by atoms with van der Waals surface area (Å²) in [5.74, 6) is -1.41. The number of fused-ring (bicyclic) bond motifs is 1. The zero-order valence-electron chi connectivity index (χ0n) is 14.2. The molecule has 0 bridgehead atoms. The molecular weight excluding hydrogens is 375 g/mol. The number of H-pyrrole nitrogens is 1. The second kappa shape index (κ2) is 6.77. The number of hydrogen-bond donors (Lipinski definition) is 1. The number of nitrogens with zero attached hydrogens (tertiary/aromatic N) is 3. The van der Waals surface area contributed by atoms with Crippen molar-refractivity contribution in [1.29, 1.82) is 0 Å². The number of halogens is 2. The zero-order valence-corrected chi connectivity index (χ0v) is 15.0. The number of carbonyl (C=O) groups excluding carboxylic acids is 2. The van der Waals surface area contributed by atoms with Gasteiger partial charge in [-0.2, -0.15) is 0 Å². The predicted molar refractivity (Wildman–Crippen MR) is 95.8 cm³/mol. The molecule has 0 aliphatic carbocycles. The quantitative estimate of drug-likeness (QED) is 0.842. The lowest BCUT2D eigenvalue weighted by Crippen LogP contribution is -2.42. The number of rotatable bonds is 2. The fourth-order valence-electron chi connectivity index (χ4n) is 3.59. The highest BCUT2D eigenvalue weighted by Gasteiger charge is 2.38. The smallest absolute Gasteiger partial charge is 0.254 e. The fraction of sp³-hybridized carbons (Fsp3) is 0.333. The summed E-state index contributed by atoms with van der Waals surface area (Å²) in [5, 5.41) is -0.0704. The van der Waals surface area contributed by atoms with Gasteiger partial charge in [0.05, 0.1) is 29.5 Å². The van der Waals surface area contributed by atoms with Crippen LogP contribution in [0.1, 0.15) is 17.7 Å². The third kappa shape index (κ3) is 3.21. The number of amides is 2. The third-order valence-electron chi connectivity index (χ3n) is 5.01. The van der Waals surface area contributed by atoms with Crippen LogP contribution >= 0.6 is 11.6 Å². The van der Waals surface area contributed by atoms with E-state index in [-0.39, 0.29) is 41.9 Å². The topological polar surface area (TPSA) is 86.4 Å². The molecule has 0 unspecified atom stereocenters. The van der Waals surface area contributed by atoms with Gasteiger partial charge >= 0.3 is 0 Å². The number of hydrogen-bond acceptors (Lipinski definition) is 4. The van der Waals surface area contributed by atoms with Crippen LogP contribution in [-0.2, 0) is 22.6 Å². The molecule has 0 spiro atoms. The number of aromatic amines is 1. The van der Waals surface area contributed by atoms with Crippen LogP contribution in [0.3, 0.4) is 0 Å². The first-order valence-corrected chi connectivity index (χ1v) is 8.91. The zero-order chi connectivity index (χ0) is 19.1.